The molecule has 0 spiro atoms. The van der Waals surface area contributed by atoms with Gasteiger partial charge >= 0.3 is 6.03 Å². The quantitative estimate of drug-likeness (QED) is 0.586. The molecule has 3 N–H and O–H groups in total. The molecular weight excluding hydrogens is 404 g/mol. The highest BCUT2D eigenvalue weighted by molar-refractivity contribution is 6.31. The van der Waals surface area contributed by atoms with Crippen LogP contribution in [0.25, 0.3) is 10.9 Å². The first kappa shape index (κ1) is 20.7. The average Bonchev–Trinajstić information content (AvgIpc) is 3.25. The minimum Gasteiger partial charge on any atom is -0.361 e. The van der Waals surface area contributed by atoms with Crippen molar-refractivity contribution in [3.05, 3.63) is 35.0 Å². The molecule has 7 nitrogen and oxygen atoms in total. The Hall–Kier alpha value is -2.54. The van der Waals surface area contributed by atoms with Crippen LogP contribution in [-0.2, 0) is 16.0 Å². The Morgan fingerprint density at radius 3 is 2.80 bits per heavy atom. The third-order valence-electron chi connectivity index (χ3n) is 6.07. The largest absolute Gasteiger partial charge is 0.361 e. The third kappa shape index (κ3) is 4.61. The molecule has 1 aliphatic heterocycles. The summed E-state index contributed by atoms with van der Waals surface area (Å²) < 4.78 is 0. The van der Waals surface area contributed by atoms with Crippen LogP contribution < -0.4 is 10.6 Å². The maximum absolute atomic E-state index is 12.7. The molecule has 8 heteroatoms. The highest BCUT2D eigenvalue weighted by Crippen LogP contribution is 2.23. The maximum atomic E-state index is 12.7. The van der Waals surface area contributed by atoms with Crippen LogP contribution in [0.4, 0.5) is 4.79 Å². The molecule has 1 aromatic carbocycles. The molecule has 4 rings (SSSR count). The number of benzene rings is 1. The number of H-pyrrole nitrogens is 1. The van der Waals surface area contributed by atoms with Gasteiger partial charge in [0.2, 0.25) is 5.91 Å². The van der Waals surface area contributed by atoms with Crippen LogP contribution in [0.5, 0.6) is 0 Å². The molecule has 1 aromatic heterocycles. The van der Waals surface area contributed by atoms with E-state index in [2.05, 4.69) is 15.6 Å². The van der Waals surface area contributed by atoms with E-state index in [0.29, 0.717) is 17.9 Å². The predicted molar refractivity (Wildman–Crippen MR) is 115 cm³/mol. The molecule has 2 heterocycles. The van der Waals surface area contributed by atoms with Gasteiger partial charge in [-0.3, -0.25) is 14.5 Å². The number of fused-ring (bicyclic) bond motifs is 1. The van der Waals surface area contributed by atoms with Gasteiger partial charge in [0.1, 0.15) is 6.04 Å². The van der Waals surface area contributed by atoms with Crippen molar-refractivity contribution in [1.29, 1.82) is 0 Å². The van der Waals surface area contributed by atoms with Gasteiger partial charge in [-0.1, -0.05) is 30.9 Å². The van der Waals surface area contributed by atoms with Gasteiger partial charge < -0.3 is 15.6 Å². The average molecular weight is 431 g/mol. The van der Waals surface area contributed by atoms with Gasteiger partial charge in [-0.2, -0.15) is 0 Å². The van der Waals surface area contributed by atoms with Gasteiger partial charge in [0, 0.05) is 41.1 Å². The van der Waals surface area contributed by atoms with Crippen molar-refractivity contribution >= 4 is 40.3 Å². The highest BCUT2D eigenvalue weighted by Gasteiger charge is 2.37. The number of rotatable bonds is 7. The summed E-state index contributed by atoms with van der Waals surface area (Å²) >= 11 is 6.09. The molecule has 2 aliphatic rings. The normalized spacial score (nSPS) is 20.0. The van der Waals surface area contributed by atoms with Crippen molar-refractivity contribution in [2.24, 2.45) is 0 Å². The molecule has 1 saturated heterocycles. The number of halogens is 1. The van der Waals surface area contributed by atoms with Gasteiger partial charge in [-0.25, -0.2) is 4.79 Å². The first-order chi connectivity index (χ1) is 14.5. The minimum absolute atomic E-state index is 0.0435. The molecule has 1 atom stereocenters. The summed E-state index contributed by atoms with van der Waals surface area (Å²) in [5, 5.41) is 7.41. The number of hydrogen-bond donors (Lipinski definition) is 3. The fourth-order valence-corrected chi connectivity index (χ4v) is 4.57. The van der Waals surface area contributed by atoms with Crippen molar-refractivity contribution in [3.8, 4) is 0 Å². The van der Waals surface area contributed by atoms with E-state index in [4.69, 9.17) is 11.6 Å². The smallest absolute Gasteiger partial charge is 0.324 e. The number of imide groups is 1. The molecular formula is C22H27ClN4O3. The van der Waals surface area contributed by atoms with Gasteiger partial charge in [0.25, 0.3) is 5.91 Å². The number of nitrogens with one attached hydrogen (secondary N) is 3. The first-order valence-corrected chi connectivity index (χ1v) is 11.1. The van der Waals surface area contributed by atoms with Crippen molar-refractivity contribution in [1.82, 2.24) is 20.5 Å². The predicted octanol–water partition coefficient (Wildman–Crippen LogP) is 3.51. The topological polar surface area (TPSA) is 94.3 Å². The number of aromatic nitrogens is 1. The lowest BCUT2D eigenvalue weighted by atomic mass is 9.95. The number of urea groups is 1. The van der Waals surface area contributed by atoms with Gasteiger partial charge in [-0.05, 0) is 49.4 Å². The number of nitrogens with zero attached hydrogens (tertiary/aromatic N) is 1. The molecule has 2 aromatic rings. The molecule has 2 fully saturated rings. The zero-order valence-electron chi connectivity index (χ0n) is 16.9. The van der Waals surface area contributed by atoms with Crippen LogP contribution in [0.2, 0.25) is 5.02 Å². The fraction of sp³-hybridized carbons (Fsp3) is 0.500. The molecule has 0 unspecified atom stereocenters. The van der Waals surface area contributed by atoms with Gasteiger partial charge in [0.15, 0.2) is 0 Å². The highest BCUT2D eigenvalue weighted by atomic mass is 35.5. The van der Waals surface area contributed by atoms with Crippen molar-refractivity contribution in [2.45, 2.75) is 63.5 Å². The van der Waals surface area contributed by atoms with Gasteiger partial charge in [-0.15, -0.1) is 0 Å². The van der Waals surface area contributed by atoms with E-state index >= 15 is 0 Å². The Kier molecular flexibility index (Phi) is 6.27. The van der Waals surface area contributed by atoms with E-state index in [1.807, 2.05) is 24.4 Å². The molecule has 30 heavy (non-hydrogen) atoms. The summed E-state index contributed by atoms with van der Waals surface area (Å²) in [5.41, 5.74) is 1.97. The third-order valence-corrected chi connectivity index (χ3v) is 6.31. The van der Waals surface area contributed by atoms with E-state index in [0.717, 1.165) is 42.1 Å². The monoisotopic (exact) mass is 430 g/mol. The van der Waals surface area contributed by atoms with E-state index in [1.54, 1.807) is 0 Å². The number of carbonyl (C=O) groups is 3. The van der Waals surface area contributed by atoms with Crippen LogP contribution in [-0.4, -0.2) is 46.4 Å². The van der Waals surface area contributed by atoms with Crippen molar-refractivity contribution < 1.29 is 14.4 Å². The second-order valence-corrected chi connectivity index (χ2v) is 8.62. The lowest BCUT2D eigenvalue weighted by Gasteiger charge is -2.22. The Bertz CT molecular complexity index is 951. The Labute approximate surface area is 180 Å². The summed E-state index contributed by atoms with van der Waals surface area (Å²) in [4.78, 5) is 41.6. The lowest BCUT2D eigenvalue weighted by molar-refractivity contribution is -0.127. The van der Waals surface area contributed by atoms with E-state index in [9.17, 15) is 14.4 Å². The second-order valence-electron chi connectivity index (χ2n) is 8.19. The molecule has 0 radical (unpaired) electrons. The standard InChI is InChI=1S/C22H27ClN4O3/c23-15-6-7-18-17(12-15)14(13-24-18)10-11-27-21(29)19(26-22(27)30)8-9-20(28)25-16-4-2-1-3-5-16/h6-7,12-13,16,19,24H,1-5,8-11H2,(H,25,28)(H,26,30)/t19-/m0/s1. The summed E-state index contributed by atoms with van der Waals surface area (Å²) in [7, 11) is 0. The van der Waals surface area contributed by atoms with E-state index in [1.165, 1.54) is 11.3 Å². The van der Waals surface area contributed by atoms with Crippen LogP contribution in [0.3, 0.4) is 0 Å². The maximum Gasteiger partial charge on any atom is 0.324 e. The zero-order chi connectivity index (χ0) is 21.1. The Balaban J connectivity index is 1.29. The summed E-state index contributed by atoms with van der Waals surface area (Å²) in [6.07, 6.45) is 8.57. The molecule has 1 saturated carbocycles. The van der Waals surface area contributed by atoms with Crippen LogP contribution in [0.1, 0.15) is 50.5 Å². The van der Waals surface area contributed by atoms with Crippen molar-refractivity contribution in [2.75, 3.05) is 6.54 Å². The fourth-order valence-electron chi connectivity index (χ4n) is 4.40. The van der Waals surface area contributed by atoms with E-state index in [-0.39, 0.29) is 30.8 Å². The van der Waals surface area contributed by atoms with Gasteiger partial charge in [0.05, 0.1) is 0 Å². The molecule has 1 aliphatic carbocycles. The number of carbonyl (C=O) groups excluding carboxylic acids is 3. The van der Waals surface area contributed by atoms with Crippen LogP contribution in [0, 0.1) is 0 Å². The second kappa shape index (κ2) is 9.08. The minimum atomic E-state index is -0.632. The number of amides is 4. The number of hydrogen-bond acceptors (Lipinski definition) is 3. The Morgan fingerprint density at radius 1 is 1.20 bits per heavy atom. The molecule has 160 valence electrons. The van der Waals surface area contributed by atoms with Crippen LogP contribution in [0.15, 0.2) is 24.4 Å². The summed E-state index contributed by atoms with van der Waals surface area (Å²) in [6, 6.07) is 4.83. The number of aromatic amines is 1. The first-order valence-electron chi connectivity index (χ1n) is 10.7. The SMILES string of the molecule is O=C(CC[C@@H]1NC(=O)N(CCc2c[nH]c3ccc(Cl)cc23)C1=O)NC1CCCCC1. The summed E-state index contributed by atoms with van der Waals surface area (Å²) in [6.45, 7) is 0.287. The van der Waals surface area contributed by atoms with Crippen LogP contribution >= 0.6 is 11.6 Å². The van der Waals surface area contributed by atoms with Crippen molar-refractivity contribution in [3.63, 3.8) is 0 Å². The Morgan fingerprint density at radius 2 is 2.00 bits per heavy atom. The summed E-state index contributed by atoms with van der Waals surface area (Å²) in [5.74, 6) is -0.304. The van der Waals surface area contributed by atoms with E-state index < -0.39 is 12.1 Å². The molecule has 4 amide bonds. The molecule has 0 bridgehead atoms. The lowest BCUT2D eigenvalue weighted by Crippen LogP contribution is -2.38. The zero-order valence-corrected chi connectivity index (χ0v) is 17.6.